The largest absolute Gasteiger partial charge is 0.385 e. The van der Waals surface area contributed by atoms with Crippen LogP contribution in [0.3, 0.4) is 0 Å². The second kappa shape index (κ2) is 7.90. The van der Waals surface area contributed by atoms with Gasteiger partial charge in [0.25, 0.3) is 0 Å². The zero-order chi connectivity index (χ0) is 18.0. The molecule has 3 rings (SSSR count). The lowest BCUT2D eigenvalue weighted by atomic mass is 10.1. The average Bonchev–Trinajstić information content (AvgIpc) is 3.10. The van der Waals surface area contributed by atoms with E-state index in [0.717, 1.165) is 44.0 Å². The molecule has 1 aliphatic heterocycles. The van der Waals surface area contributed by atoms with Crippen LogP contribution in [0.25, 0.3) is 0 Å². The van der Waals surface area contributed by atoms with E-state index < -0.39 is 6.10 Å². The van der Waals surface area contributed by atoms with Crippen LogP contribution in [0.2, 0.25) is 0 Å². The van der Waals surface area contributed by atoms with Crippen molar-refractivity contribution in [3.63, 3.8) is 0 Å². The van der Waals surface area contributed by atoms with E-state index in [1.807, 2.05) is 19.0 Å². The smallest absolute Gasteiger partial charge is 0.110 e. The minimum Gasteiger partial charge on any atom is -0.385 e. The van der Waals surface area contributed by atoms with E-state index in [2.05, 4.69) is 44.2 Å². The molecule has 8 heteroatoms. The second-order valence-corrected chi connectivity index (χ2v) is 8.20. The molecule has 138 valence electrons. The number of rotatable bonds is 6. The molecule has 0 saturated heterocycles. The Morgan fingerprint density at radius 3 is 2.84 bits per heavy atom. The number of hydrogen-bond acceptors (Lipinski definition) is 7. The van der Waals surface area contributed by atoms with E-state index in [4.69, 9.17) is 0 Å². The average molecular weight is 365 g/mol. The molecule has 1 N–H and O–H groups in total. The normalized spacial score (nSPS) is 17.1. The third-order valence-corrected chi connectivity index (χ3v) is 5.21. The molecule has 0 radical (unpaired) electrons. The molecule has 7 nitrogen and oxygen atoms in total. The predicted octanol–water partition coefficient (Wildman–Crippen LogP) is 1.86. The minimum absolute atomic E-state index is 0.402. The summed E-state index contributed by atoms with van der Waals surface area (Å²) in [6, 6.07) is 2.06. The van der Waals surface area contributed by atoms with Crippen LogP contribution in [0.1, 0.15) is 54.2 Å². The summed E-state index contributed by atoms with van der Waals surface area (Å²) in [5.41, 5.74) is 3.06. The summed E-state index contributed by atoms with van der Waals surface area (Å²) in [5.74, 6) is 0.402. The highest BCUT2D eigenvalue weighted by atomic mass is 32.1. The summed E-state index contributed by atoms with van der Waals surface area (Å²) < 4.78 is 6.20. The molecule has 0 spiro atoms. The van der Waals surface area contributed by atoms with Crippen molar-refractivity contribution in [2.24, 2.45) is 0 Å². The minimum atomic E-state index is -0.541. The number of aliphatic hydroxyl groups is 1. The molecule has 3 heterocycles. The summed E-state index contributed by atoms with van der Waals surface area (Å²) in [6.07, 6.45) is 0.516. The molecule has 25 heavy (non-hydrogen) atoms. The standard InChI is InChI=1S/C17H28N6OS/c1-12(2)17-16(25-20-18-17)11-22-6-5-7-23-13(9-22)8-14(19-23)15(24)10-21(3)4/h8,12,15,24H,5-7,9-11H2,1-4H3/t15-/m1/s1. The number of hydrogen-bond donors (Lipinski definition) is 1. The Morgan fingerprint density at radius 2 is 2.12 bits per heavy atom. The van der Waals surface area contributed by atoms with Gasteiger partial charge in [0.1, 0.15) is 6.10 Å². The van der Waals surface area contributed by atoms with Crippen molar-refractivity contribution in [2.45, 2.75) is 51.9 Å². The van der Waals surface area contributed by atoms with Gasteiger partial charge < -0.3 is 10.0 Å². The summed E-state index contributed by atoms with van der Waals surface area (Å²) >= 11 is 1.51. The van der Waals surface area contributed by atoms with Crippen molar-refractivity contribution in [1.29, 1.82) is 0 Å². The molecule has 0 saturated carbocycles. The van der Waals surface area contributed by atoms with Crippen LogP contribution in [0.4, 0.5) is 0 Å². The second-order valence-electron chi connectivity index (χ2n) is 7.36. The van der Waals surface area contributed by atoms with E-state index in [9.17, 15) is 5.11 Å². The number of fused-ring (bicyclic) bond motifs is 1. The zero-order valence-electron chi connectivity index (χ0n) is 15.5. The van der Waals surface area contributed by atoms with E-state index >= 15 is 0 Å². The van der Waals surface area contributed by atoms with E-state index in [0.29, 0.717) is 12.5 Å². The molecule has 0 aromatic carbocycles. The third kappa shape index (κ3) is 4.44. The molecule has 0 bridgehead atoms. The number of likely N-dealkylation sites (N-methyl/N-ethyl adjacent to an activating group) is 1. The van der Waals surface area contributed by atoms with Crippen LogP contribution in [0.5, 0.6) is 0 Å². The van der Waals surface area contributed by atoms with Gasteiger partial charge in [-0.05, 0) is 44.0 Å². The molecule has 2 aromatic rings. The van der Waals surface area contributed by atoms with E-state index in [1.54, 1.807) is 0 Å². The molecule has 2 aromatic heterocycles. The fourth-order valence-electron chi connectivity index (χ4n) is 3.25. The third-order valence-electron chi connectivity index (χ3n) is 4.49. The van der Waals surface area contributed by atoms with Crippen LogP contribution in [0, 0.1) is 0 Å². The number of aliphatic hydroxyl groups excluding tert-OH is 1. The quantitative estimate of drug-likeness (QED) is 0.844. The van der Waals surface area contributed by atoms with Crippen molar-refractivity contribution in [3.05, 3.63) is 28.0 Å². The van der Waals surface area contributed by atoms with Gasteiger partial charge in [-0.3, -0.25) is 9.58 Å². The van der Waals surface area contributed by atoms with Gasteiger partial charge in [0.2, 0.25) is 0 Å². The fraction of sp³-hybridized carbons (Fsp3) is 0.706. The number of aryl methyl sites for hydroxylation is 1. The van der Waals surface area contributed by atoms with Crippen molar-refractivity contribution >= 4 is 11.5 Å². The van der Waals surface area contributed by atoms with Gasteiger partial charge in [-0.15, -0.1) is 5.10 Å². The van der Waals surface area contributed by atoms with E-state index in [1.165, 1.54) is 22.1 Å². The number of nitrogens with zero attached hydrogens (tertiary/aromatic N) is 6. The van der Waals surface area contributed by atoms with Crippen molar-refractivity contribution < 1.29 is 5.11 Å². The van der Waals surface area contributed by atoms with Gasteiger partial charge in [-0.2, -0.15) is 5.10 Å². The molecular weight excluding hydrogens is 336 g/mol. The molecule has 0 amide bonds. The molecule has 0 aliphatic carbocycles. The first kappa shape index (κ1) is 18.4. The SMILES string of the molecule is CC(C)c1nnsc1CN1CCCn2nc([C@H](O)CN(C)C)cc2C1. The van der Waals surface area contributed by atoms with Crippen molar-refractivity contribution in [3.8, 4) is 0 Å². The van der Waals surface area contributed by atoms with E-state index in [-0.39, 0.29) is 0 Å². The first-order valence-electron chi connectivity index (χ1n) is 8.87. The summed E-state index contributed by atoms with van der Waals surface area (Å²) in [4.78, 5) is 5.67. The van der Waals surface area contributed by atoms with Gasteiger partial charge in [-0.25, -0.2) is 0 Å². The Morgan fingerprint density at radius 1 is 1.32 bits per heavy atom. The lowest BCUT2D eigenvalue weighted by molar-refractivity contribution is 0.133. The lowest BCUT2D eigenvalue weighted by Crippen LogP contribution is -2.23. The monoisotopic (exact) mass is 364 g/mol. The maximum Gasteiger partial charge on any atom is 0.110 e. The Labute approximate surface area is 153 Å². The highest BCUT2D eigenvalue weighted by Crippen LogP contribution is 2.24. The topological polar surface area (TPSA) is 70.3 Å². The first-order chi connectivity index (χ1) is 11.9. The highest BCUT2D eigenvalue weighted by molar-refractivity contribution is 7.05. The lowest BCUT2D eigenvalue weighted by Gasteiger charge is -2.19. The van der Waals surface area contributed by atoms with Gasteiger partial charge in [0, 0.05) is 32.7 Å². The Hall–Kier alpha value is -1.35. The predicted molar refractivity (Wildman–Crippen MR) is 98.5 cm³/mol. The van der Waals surface area contributed by atoms with Crippen molar-refractivity contribution in [1.82, 2.24) is 29.2 Å². The summed E-state index contributed by atoms with van der Waals surface area (Å²) in [7, 11) is 3.92. The Balaban J connectivity index is 1.72. The first-order valence-corrected chi connectivity index (χ1v) is 9.64. The maximum atomic E-state index is 10.3. The number of aromatic nitrogens is 4. The van der Waals surface area contributed by atoms with Gasteiger partial charge >= 0.3 is 0 Å². The highest BCUT2D eigenvalue weighted by Gasteiger charge is 2.22. The zero-order valence-corrected chi connectivity index (χ0v) is 16.3. The summed E-state index contributed by atoms with van der Waals surface area (Å²) in [6.45, 7) is 8.58. The van der Waals surface area contributed by atoms with Gasteiger partial charge in [-0.1, -0.05) is 18.3 Å². The molecule has 0 fully saturated rings. The molecule has 1 atom stereocenters. The van der Waals surface area contributed by atoms with Crippen LogP contribution in [-0.2, 0) is 19.6 Å². The van der Waals surface area contributed by atoms with Crippen LogP contribution >= 0.6 is 11.5 Å². The van der Waals surface area contributed by atoms with Gasteiger partial charge in [0.15, 0.2) is 0 Å². The molecular formula is C17H28N6OS. The van der Waals surface area contributed by atoms with Crippen molar-refractivity contribution in [2.75, 3.05) is 27.2 Å². The maximum absolute atomic E-state index is 10.3. The molecule has 1 aliphatic rings. The van der Waals surface area contributed by atoms with Crippen LogP contribution < -0.4 is 0 Å². The fourth-order valence-corrected chi connectivity index (χ4v) is 4.09. The van der Waals surface area contributed by atoms with Crippen LogP contribution in [-0.4, -0.2) is 61.5 Å². The summed E-state index contributed by atoms with van der Waals surface area (Å²) in [5, 5.41) is 19.3. The Bertz CT molecular complexity index is 695. The Kier molecular flexibility index (Phi) is 5.83. The van der Waals surface area contributed by atoms with Gasteiger partial charge in [0.05, 0.1) is 22.0 Å². The molecule has 0 unspecified atom stereocenters. The van der Waals surface area contributed by atoms with Crippen LogP contribution in [0.15, 0.2) is 6.07 Å².